The Bertz CT molecular complexity index is 668. The van der Waals surface area contributed by atoms with E-state index in [-0.39, 0.29) is 18.6 Å². The number of benzene rings is 2. The van der Waals surface area contributed by atoms with Crippen LogP contribution in [0.4, 0.5) is 11.4 Å². The van der Waals surface area contributed by atoms with Crippen molar-refractivity contribution in [2.75, 3.05) is 16.8 Å². The number of carbonyl (C=O) groups is 1. The smallest absolute Gasteiger partial charge is 0.265 e. The van der Waals surface area contributed by atoms with Crippen molar-refractivity contribution in [2.24, 2.45) is 0 Å². The van der Waals surface area contributed by atoms with E-state index in [4.69, 9.17) is 4.74 Å². The van der Waals surface area contributed by atoms with Gasteiger partial charge in [0.1, 0.15) is 5.75 Å². The van der Waals surface area contributed by atoms with E-state index in [0.717, 1.165) is 23.7 Å². The van der Waals surface area contributed by atoms with Crippen LogP contribution in [0.3, 0.4) is 0 Å². The molecule has 0 saturated heterocycles. The maximum atomic E-state index is 12.0. The zero-order valence-corrected chi connectivity index (χ0v) is 12.9. The molecule has 0 bridgehead atoms. The van der Waals surface area contributed by atoms with E-state index in [1.54, 1.807) is 4.90 Å². The van der Waals surface area contributed by atoms with Crippen molar-refractivity contribution in [3.8, 4) is 5.75 Å². The number of rotatable bonds is 4. The summed E-state index contributed by atoms with van der Waals surface area (Å²) in [5.74, 6) is 0.763. The standard InChI is InChI=1S/C18H20N2O2/c1-13(2)20-16-9-8-15(10-17(16)22-12-18(20)21)19-11-14-6-4-3-5-7-14/h3-10,13,19H,11-12H2,1-2H3. The Morgan fingerprint density at radius 3 is 2.68 bits per heavy atom. The monoisotopic (exact) mass is 296 g/mol. The molecule has 0 saturated carbocycles. The van der Waals surface area contributed by atoms with E-state index in [2.05, 4.69) is 17.4 Å². The highest BCUT2D eigenvalue weighted by Gasteiger charge is 2.27. The van der Waals surface area contributed by atoms with Crippen molar-refractivity contribution in [2.45, 2.75) is 26.4 Å². The Morgan fingerprint density at radius 2 is 1.95 bits per heavy atom. The molecule has 2 aromatic carbocycles. The summed E-state index contributed by atoms with van der Waals surface area (Å²) in [5, 5.41) is 3.38. The van der Waals surface area contributed by atoms with E-state index >= 15 is 0 Å². The van der Waals surface area contributed by atoms with Crippen molar-refractivity contribution in [3.63, 3.8) is 0 Å². The van der Waals surface area contributed by atoms with Gasteiger partial charge in [0.25, 0.3) is 5.91 Å². The van der Waals surface area contributed by atoms with Crippen LogP contribution in [0, 0.1) is 0 Å². The topological polar surface area (TPSA) is 41.6 Å². The van der Waals surface area contributed by atoms with Gasteiger partial charge in [0, 0.05) is 24.3 Å². The van der Waals surface area contributed by atoms with E-state index in [1.807, 2.05) is 50.2 Å². The second-order valence-corrected chi connectivity index (χ2v) is 5.67. The first-order valence-electron chi connectivity index (χ1n) is 7.52. The van der Waals surface area contributed by atoms with Gasteiger partial charge in [-0.05, 0) is 31.5 Å². The lowest BCUT2D eigenvalue weighted by atomic mass is 10.1. The number of nitrogens with one attached hydrogen (secondary N) is 1. The molecule has 2 aromatic rings. The molecule has 4 nitrogen and oxygen atoms in total. The number of hydrogen-bond donors (Lipinski definition) is 1. The maximum absolute atomic E-state index is 12.0. The molecular formula is C18H20N2O2. The molecule has 4 heteroatoms. The molecular weight excluding hydrogens is 276 g/mol. The van der Waals surface area contributed by atoms with Gasteiger partial charge < -0.3 is 15.0 Å². The quantitative estimate of drug-likeness (QED) is 0.940. The summed E-state index contributed by atoms with van der Waals surface area (Å²) in [4.78, 5) is 13.8. The lowest BCUT2D eigenvalue weighted by Gasteiger charge is -2.32. The summed E-state index contributed by atoms with van der Waals surface area (Å²) < 4.78 is 5.58. The van der Waals surface area contributed by atoms with Gasteiger partial charge in [0.05, 0.1) is 5.69 Å². The predicted octanol–water partition coefficient (Wildman–Crippen LogP) is 3.43. The number of nitrogens with zero attached hydrogens (tertiary/aromatic N) is 1. The molecule has 0 spiro atoms. The zero-order chi connectivity index (χ0) is 15.5. The molecule has 1 N–H and O–H groups in total. The molecule has 0 aliphatic carbocycles. The first kappa shape index (κ1) is 14.4. The summed E-state index contributed by atoms with van der Waals surface area (Å²) in [7, 11) is 0. The molecule has 0 atom stereocenters. The highest BCUT2D eigenvalue weighted by Crippen LogP contribution is 2.35. The largest absolute Gasteiger partial charge is 0.481 e. The number of hydrogen-bond acceptors (Lipinski definition) is 3. The van der Waals surface area contributed by atoms with Gasteiger partial charge in [0.15, 0.2) is 6.61 Å². The Hall–Kier alpha value is -2.49. The third kappa shape index (κ3) is 2.91. The second-order valence-electron chi connectivity index (χ2n) is 5.67. The van der Waals surface area contributed by atoms with Gasteiger partial charge >= 0.3 is 0 Å². The van der Waals surface area contributed by atoms with Crippen molar-refractivity contribution in [1.29, 1.82) is 0 Å². The van der Waals surface area contributed by atoms with Gasteiger partial charge in [-0.25, -0.2) is 0 Å². The predicted molar refractivity (Wildman–Crippen MR) is 88.3 cm³/mol. The number of fused-ring (bicyclic) bond motifs is 1. The molecule has 0 unspecified atom stereocenters. The van der Waals surface area contributed by atoms with Gasteiger partial charge in [-0.3, -0.25) is 4.79 Å². The second kappa shape index (κ2) is 6.10. The minimum absolute atomic E-state index is 0.00694. The van der Waals surface area contributed by atoms with Crippen LogP contribution in [0.5, 0.6) is 5.75 Å². The van der Waals surface area contributed by atoms with Gasteiger partial charge in [-0.1, -0.05) is 30.3 Å². The lowest BCUT2D eigenvalue weighted by molar-refractivity contribution is -0.121. The molecule has 0 radical (unpaired) electrons. The summed E-state index contributed by atoms with van der Waals surface area (Å²) >= 11 is 0. The Morgan fingerprint density at radius 1 is 1.18 bits per heavy atom. The normalized spacial score (nSPS) is 13.8. The van der Waals surface area contributed by atoms with E-state index < -0.39 is 0 Å². The van der Waals surface area contributed by atoms with Gasteiger partial charge in [-0.15, -0.1) is 0 Å². The Balaban J connectivity index is 1.78. The molecule has 22 heavy (non-hydrogen) atoms. The van der Waals surface area contributed by atoms with Crippen LogP contribution in [0.15, 0.2) is 48.5 Å². The summed E-state index contributed by atoms with van der Waals surface area (Å²) in [5.41, 5.74) is 3.05. The third-order valence-corrected chi connectivity index (χ3v) is 3.70. The van der Waals surface area contributed by atoms with Gasteiger partial charge in [0.2, 0.25) is 0 Å². The molecule has 1 aliphatic rings. The third-order valence-electron chi connectivity index (χ3n) is 3.70. The zero-order valence-electron chi connectivity index (χ0n) is 12.9. The summed E-state index contributed by atoms with van der Waals surface area (Å²) in [6, 6.07) is 16.2. The van der Waals surface area contributed by atoms with Crippen molar-refractivity contribution >= 4 is 17.3 Å². The van der Waals surface area contributed by atoms with Crippen LogP contribution < -0.4 is 15.0 Å². The van der Waals surface area contributed by atoms with E-state index in [1.165, 1.54) is 5.56 Å². The number of anilines is 2. The Kier molecular flexibility index (Phi) is 4.00. The summed E-state index contributed by atoms with van der Waals surface area (Å²) in [6.45, 7) is 4.88. The van der Waals surface area contributed by atoms with Crippen molar-refractivity contribution in [3.05, 3.63) is 54.1 Å². The highest BCUT2D eigenvalue weighted by atomic mass is 16.5. The van der Waals surface area contributed by atoms with Crippen LogP contribution in [0.25, 0.3) is 0 Å². The lowest BCUT2D eigenvalue weighted by Crippen LogP contribution is -2.43. The van der Waals surface area contributed by atoms with Crippen LogP contribution in [0.2, 0.25) is 0 Å². The van der Waals surface area contributed by atoms with Crippen LogP contribution in [-0.2, 0) is 11.3 Å². The number of ether oxygens (including phenoxy) is 1. The van der Waals surface area contributed by atoms with Crippen LogP contribution in [0.1, 0.15) is 19.4 Å². The number of carbonyl (C=O) groups excluding carboxylic acids is 1. The molecule has 1 amide bonds. The van der Waals surface area contributed by atoms with Crippen LogP contribution in [-0.4, -0.2) is 18.6 Å². The molecule has 0 fully saturated rings. The van der Waals surface area contributed by atoms with Crippen molar-refractivity contribution in [1.82, 2.24) is 0 Å². The molecule has 0 aromatic heterocycles. The summed E-state index contributed by atoms with van der Waals surface area (Å²) in [6.07, 6.45) is 0. The maximum Gasteiger partial charge on any atom is 0.265 e. The first-order valence-corrected chi connectivity index (χ1v) is 7.52. The fourth-order valence-corrected chi connectivity index (χ4v) is 2.65. The molecule has 114 valence electrons. The Labute approximate surface area is 130 Å². The molecule has 1 heterocycles. The fraction of sp³-hybridized carbons (Fsp3) is 0.278. The minimum Gasteiger partial charge on any atom is -0.481 e. The van der Waals surface area contributed by atoms with E-state index in [9.17, 15) is 4.79 Å². The number of amides is 1. The molecule has 3 rings (SSSR count). The minimum atomic E-state index is 0.00694. The fourth-order valence-electron chi connectivity index (χ4n) is 2.65. The molecule has 1 aliphatic heterocycles. The van der Waals surface area contributed by atoms with Crippen molar-refractivity contribution < 1.29 is 9.53 Å². The van der Waals surface area contributed by atoms with E-state index in [0.29, 0.717) is 0 Å². The average molecular weight is 296 g/mol. The SMILES string of the molecule is CC(C)N1C(=O)COc2cc(NCc3ccccc3)ccc21. The van der Waals surface area contributed by atoms with Gasteiger partial charge in [-0.2, -0.15) is 0 Å². The van der Waals surface area contributed by atoms with Crippen LogP contribution >= 0.6 is 0 Å². The highest BCUT2D eigenvalue weighted by molar-refractivity contribution is 5.98. The average Bonchev–Trinajstić information content (AvgIpc) is 2.53. The first-order chi connectivity index (χ1) is 10.6.